The third-order valence-corrected chi connectivity index (χ3v) is 5.71. The predicted octanol–water partition coefficient (Wildman–Crippen LogP) is 1.05. The highest BCUT2D eigenvalue weighted by Crippen LogP contribution is 2.32. The molecule has 0 aromatic rings. The Kier molecular flexibility index (Phi) is 4.44. The molecule has 0 aromatic carbocycles. The molecule has 2 rings (SSSR count). The van der Waals surface area contributed by atoms with E-state index in [0.717, 1.165) is 51.9 Å². The highest BCUT2D eigenvalue weighted by molar-refractivity contribution is 7.89. The van der Waals surface area contributed by atoms with E-state index in [1.54, 1.807) is 4.31 Å². The number of sulfonamides is 1. The second kappa shape index (κ2) is 5.67. The molecular formula is C12H24N2O2S. The van der Waals surface area contributed by atoms with Crippen LogP contribution in [0.3, 0.4) is 0 Å². The molecule has 0 radical (unpaired) electrons. The van der Waals surface area contributed by atoms with Gasteiger partial charge in [0.15, 0.2) is 0 Å². The second-order valence-electron chi connectivity index (χ2n) is 5.40. The lowest BCUT2D eigenvalue weighted by Gasteiger charge is -2.32. The summed E-state index contributed by atoms with van der Waals surface area (Å²) in [6.07, 6.45) is 4.38. The first kappa shape index (κ1) is 13.3. The number of nitrogens with one attached hydrogen (secondary N) is 1. The molecule has 17 heavy (non-hydrogen) atoms. The molecule has 1 saturated heterocycles. The summed E-state index contributed by atoms with van der Waals surface area (Å²) in [6.45, 7) is 5.46. The zero-order valence-corrected chi connectivity index (χ0v) is 11.5. The van der Waals surface area contributed by atoms with Crippen molar-refractivity contribution in [1.82, 2.24) is 9.62 Å². The van der Waals surface area contributed by atoms with Crippen LogP contribution in [0.25, 0.3) is 0 Å². The molecule has 1 unspecified atom stereocenters. The predicted molar refractivity (Wildman–Crippen MR) is 69.4 cm³/mol. The molecule has 0 aromatic heterocycles. The van der Waals surface area contributed by atoms with Gasteiger partial charge in [-0.2, -0.15) is 0 Å². The number of hydrogen-bond donors (Lipinski definition) is 1. The van der Waals surface area contributed by atoms with E-state index in [9.17, 15) is 8.42 Å². The molecule has 1 aliphatic carbocycles. The first-order valence-corrected chi connectivity index (χ1v) is 8.41. The molecule has 2 fully saturated rings. The Bertz CT molecular complexity index is 338. The minimum atomic E-state index is -2.97. The highest BCUT2D eigenvalue weighted by Gasteiger charge is 2.34. The first-order chi connectivity index (χ1) is 8.12. The van der Waals surface area contributed by atoms with Gasteiger partial charge in [0, 0.05) is 13.1 Å². The average Bonchev–Trinajstić information content (AvgIpc) is 3.10. The Hall–Kier alpha value is -0.130. The van der Waals surface area contributed by atoms with Gasteiger partial charge >= 0.3 is 0 Å². The van der Waals surface area contributed by atoms with Crippen molar-refractivity contribution >= 4 is 10.0 Å². The summed E-state index contributed by atoms with van der Waals surface area (Å²) in [4.78, 5) is 0. The molecule has 1 aliphatic heterocycles. The molecule has 0 amide bonds. The van der Waals surface area contributed by atoms with Crippen molar-refractivity contribution in [3.05, 3.63) is 0 Å². The summed E-state index contributed by atoms with van der Waals surface area (Å²) in [7, 11) is -2.97. The molecule has 0 spiro atoms. The van der Waals surface area contributed by atoms with Crippen molar-refractivity contribution in [2.45, 2.75) is 32.6 Å². The maximum atomic E-state index is 12.2. The van der Waals surface area contributed by atoms with Crippen LogP contribution in [-0.4, -0.2) is 44.7 Å². The molecule has 0 bridgehead atoms. The molecule has 100 valence electrons. The van der Waals surface area contributed by atoms with Gasteiger partial charge < -0.3 is 5.32 Å². The normalized spacial score (nSPS) is 27.2. The number of piperidine rings is 1. The van der Waals surface area contributed by atoms with Crippen LogP contribution < -0.4 is 5.32 Å². The minimum absolute atomic E-state index is 0.390. The standard InChI is InChI=1S/C12H24N2O2S/c1-2-13-8-12-4-3-7-14(9-12)17(15,16)10-11-5-6-11/h11-13H,2-10H2,1H3. The van der Waals surface area contributed by atoms with E-state index >= 15 is 0 Å². The molecule has 5 heteroatoms. The third-order valence-electron chi connectivity index (χ3n) is 3.70. The molecule has 4 nitrogen and oxygen atoms in total. The lowest BCUT2D eigenvalue weighted by Crippen LogP contribution is -2.43. The van der Waals surface area contributed by atoms with Gasteiger partial charge in [-0.3, -0.25) is 0 Å². The van der Waals surface area contributed by atoms with Crippen molar-refractivity contribution in [1.29, 1.82) is 0 Å². The van der Waals surface area contributed by atoms with Crippen LogP contribution in [-0.2, 0) is 10.0 Å². The first-order valence-electron chi connectivity index (χ1n) is 6.80. The van der Waals surface area contributed by atoms with Crippen LogP contribution in [0.2, 0.25) is 0 Å². The summed E-state index contributed by atoms with van der Waals surface area (Å²) in [5, 5.41) is 3.32. The van der Waals surface area contributed by atoms with Crippen molar-refractivity contribution in [3.63, 3.8) is 0 Å². The van der Waals surface area contributed by atoms with Crippen molar-refractivity contribution in [2.24, 2.45) is 11.8 Å². The lowest BCUT2D eigenvalue weighted by molar-refractivity contribution is 0.261. The third kappa shape index (κ3) is 3.93. The Labute approximate surface area is 105 Å². The van der Waals surface area contributed by atoms with Crippen molar-refractivity contribution in [3.8, 4) is 0 Å². The van der Waals surface area contributed by atoms with Gasteiger partial charge in [-0.25, -0.2) is 12.7 Å². The van der Waals surface area contributed by atoms with Crippen LogP contribution >= 0.6 is 0 Å². The van der Waals surface area contributed by atoms with Gasteiger partial charge in [-0.15, -0.1) is 0 Å². The summed E-state index contributed by atoms with van der Waals surface area (Å²) < 4.78 is 26.1. The Morgan fingerprint density at radius 3 is 2.65 bits per heavy atom. The van der Waals surface area contributed by atoms with E-state index in [-0.39, 0.29) is 0 Å². The largest absolute Gasteiger partial charge is 0.317 e. The van der Waals surface area contributed by atoms with Crippen LogP contribution in [0.4, 0.5) is 0 Å². The Morgan fingerprint density at radius 1 is 1.24 bits per heavy atom. The molecule has 1 N–H and O–H groups in total. The molecule has 1 saturated carbocycles. The summed E-state index contributed by atoms with van der Waals surface area (Å²) in [5.41, 5.74) is 0. The topological polar surface area (TPSA) is 49.4 Å². The smallest absolute Gasteiger partial charge is 0.214 e. The SMILES string of the molecule is CCNCC1CCCN(S(=O)(=O)CC2CC2)C1. The zero-order valence-electron chi connectivity index (χ0n) is 10.7. The Morgan fingerprint density at radius 2 is 2.00 bits per heavy atom. The number of nitrogens with zero attached hydrogens (tertiary/aromatic N) is 1. The van der Waals surface area contributed by atoms with E-state index < -0.39 is 10.0 Å². The van der Waals surface area contributed by atoms with Crippen LogP contribution in [0.1, 0.15) is 32.6 Å². The van der Waals surface area contributed by atoms with Gasteiger partial charge in [-0.05, 0) is 50.6 Å². The molecular weight excluding hydrogens is 236 g/mol. The van der Waals surface area contributed by atoms with Crippen LogP contribution in [0.15, 0.2) is 0 Å². The van der Waals surface area contributed by atoms with Crippen LogP contribution in [0, 0.1) is 11.8 Å². The van der Waals surface area contributed by atoms with Crippen molar-refractivity contribution in [2.75, 3.05) is 31.9 Å². The lowest BCUT2D eigenvalue weighted by atomic mass is 10.00. The fourth-order valence-corrected chi connectivity index (χ4v) is 4.47. The summed E-state index contributed by atoms with van der Waals surface area (Å²) in [5.74, 6) is 1.34. The number of hydrogen-bond acceptors (Lipinski definition) is 3. The van der Waals surface area contributed by atoms with E-state index in [0.29, 0.717) is 17.6 Å². The number of rotatable bonds is 6. The van der Waals surface area contributed by atoms with E-state index in [2.05, 4.69) is 12.2 Å². The molecule has 1 atom stereocenters. The van der Waals surface area contributed by atoms with Gasteiger partial charge in [0.2, 0.25) is 10.0 Å². The van der Waals surface area contributed by atoms with Gasteiger partial charge in [-0.1, -0.05) is 6.92 Å². The maximum absolute atomic E-state index is 12.2. The summed E-state index contributed by atoms with van der Waals surface area (Å²) in [6, 6.07) is 0. The average molecular weight is 260 g/mol. The van der Waals surface area contributed by atoms with Crippen LogP contribution in [0.5, 0.6) is 0 Å². The van der Waals surface area contributed by atoms with E-state index in [4.69, 9.17) is 0 Å². The van der Waals surface area contributed by atoms with E-state index in [1.165, 1.54) is 0 Å². The fraction of sp³-hybridized carbons (Fsp3) is 1.00. The van der Waals surface area contributed by atoms with Gasteiger partial charge in [0.1, 0.15) is 0 Å². The fourth-order valence-electron chi connectivity index (χ4n) is 2.48. The van der Waals surface area contributed by atoms with E-state index in [1.807, 2.05) is 0 Å². The quantitative estimate of drug-likeness (QED) is 0.776. The zero-order chi connectivity index (χ0) is 12.3. The van der Waals surface area contributed by atoms with Crippen molar-refractivity contribution < 1.29 is 8.42 Å². The van der Waals surface area contributed by atoms with Gasteiger partial charge in [0.25, 0.3) is 0 Å². The molecule has 2 aliphatic rings. The highest BCUT2D eigenvalue weighted by atomic mass is 32.2. The minimum Gasteiger partial charge on any atom is -0.317 e. The summed E-state index contributed by atoms with van der Waals surface area (Å²) >= 11 is 0. The van der Waals surface area contributed by atoms with Gasteiger partial charge in [0.05, 0.1) is 5.75 Å². The molecule has 1 heterocycles. The Balaban J connectivity index is 1.86. The monoisotopic (exact) mass is 260 g/mol. The second-order valence-corrected chi connectivity index (χ2v) is 7.41. The maximum Gasteiger partial charge on any atom is 0.214 e.